The van der Waals surface area contributed by atoms with Crippen molar-refractivity contribution in [3.05, 3.63) is 23.7 Å². The SMILES string of the molecule is O=C(O)Cc1ccoc1CS. The molecule has 0 aromatic carbocycles. The van der Waals surface area contributed by atoms with Crippen LogP contribution in [0.25, 0.3) is 0 Å². The molecule has 4 heteroatoms. The summed E-state index contributed by atoms with van der Waals surface area (Å²) >= 11 is 3.98. The van der Waals surface area contributed by atoms with E-state index in [-0.39, 0.29) is 6.42 Å². The van der Waals surface area contributed by atoms with Crippen molar-refractivity contribution < 1.29 is 14.3 Å². The maximum Gasteiger partial charge on any atom is 0.307 e. The standard InChI is InChI=1S/C7H8O3S/c8-7(9)3-5-1-2-10-6(5)4-11/h1-2,11H,3-4H2,(H,8,9). The molecule has 0 unspecified atom stereocenters. The molecule has 1 aromatic rings. The molecular weight excluding hydrogens is 164 g/mol. The van der Waals surface area contributed by atoms with Gasteiger partial charge in [-0.1, -0.05) is 0 Å². The van der Waals surface area contributed by atoms with Crippen molar-refractivity contribution in [1.29, 1.82) is 0 Å². The number of carbonyl (C=O) groups is 1. The van der Waals surface area contributed by atoms with Gasteiger partial charge in [-0.15, -0.1) is 0 Å². The summed E-state index contributed by atoms with van der Waals surface area (Å²) in [5.41, 5.74) is 0.701. The van der Waals surface area contributed by atoms with Crippen LogP contribution >= 0.6 is 12.6 Å². The van der Waals surface area contributed by atoms with E-state index in [1.807, 2.05) is 0 Å². The highest BCUT2D eigenvalue weighted by molar-refractivity contribution is 7.79. The van der Waals surface area contributed by atoms with Crippen LogP contribution in [0, 0.1) is 0 Å². The molecule has 0 aliphatic heterocycles. The summed E-state index contributed by atoms with van der Waals surface area (Å²) in [6.07, 6.45) is 1.48. The maximum atomic E-state index is 10.3. The third-order valence-corrected chi connectivity index (χ3v) is 1.61. The summed E-state index contributed by atoms with van der Waals surface area (Å²) in [6.45, 7) is 0. The molecule has 0 radical (unpaired) electrons. The predicted molar refractivity (Wildman–Crippen MR) is 42.7 cm³/mol. The molecule has 1 heterocycles. The fraction of sp³-hybridized carbons (Fsp3) is 0.286. The third kappa shape index (κ3) is 2.01. The minimum Gasteiger partial charge on any atom is -0.481 e. The molecule has 3 nitrogen and oxygen atoms in total. The van der Waals surface area contributed by atoms with Crippen molar-refractivity contribution in [1.82, 2.24) is 0 Å². The first-order valence-electron chi connectivity index (χ1n) is 3.12. The molecule has 0 atom stereocenters. The van der Waals surface area contributed by atoms with Gasteiger partial charge in [0.15, 0.2) is 0 Å². The number of thiol groups is 1. The summed E-state index contributed by atoms with van der Waals surface area (Å²) in [6, 6.07) is 1.65. The molecule has 0 bridgehead atoms. The number of hydrogen-bond acceptors (Lipinski definition) is 3. The Bertz CT molecular complexity index is 254. The number of aliphatic carboxylic acids is 1. The van der Waals surface area contributed by atoms with Gasteiger partial charge in [0.05, 0.1) is 12.7 Å². The molecule has 0 amide bonds. The number of rotatable bonds is 3. The molecule has 11 heavy (non-hydrogen) atoms. The van der Waals surface area contributed by atoms with Gasteiger partial charge in [0, 0.05) is 11.3 Å². The maximum absolute atomic E-state index is 10.3. The molecule has 0 spiro atoms. The van der Waals surface area contributed by atoms with Crippen LogP contribution in [0.4, 0.5) is 0 Å². The second-order valence-corrected chi connectivity index (χ2v) is 2.41. The van der Waals surface area contributed by atoms with Gasteiger partial charge in [-0.2, -0.15) is 12.6 Å². The minimum atomic E-state index is -0.852. The summed E-state index contributed by atoms with van der Waals surface area (Å²) in [4.78, 5) is 10.3. The average Bonchev–Trinajstić information content (AvgIpc) is 2.34. The molecule has 0 aliphatic rings. The van der Waals surface area contributed by atoms with E-state index in [0.717, 1.165) is 0 Å². The largest absolute Gasteiger partial charge is 0.481 e. The highest BCUT2D eigenvalue weighted by atomic mass is 32.1. The highest BCUT2D eigenvalue weighted by Gasteiger charge is 2.07. The molecule has 1 rings (SSSR count). The van der Waals surface area contributed by atoms with Gasteiger partial charge < -0.3 is 9.52 Å². The highest BCUT2D eigenvalue weighted by Crippen LogP contribution is 2.13. The number of carboxylic acid groups (broad SMARTS) is 1. The lowest BCUT2D eigenvalue weighted by Crippen LogP contribution is -2.00. The second kappa shape index (κ2) is 3.48. The minimum absolute atomic E-state index is 0.00634. The van der Waals surface area contributed by atoms with Crippen molar-refractivity contribution in [3.63, 3.8) is 0 Å². The van der Waals surface area contributed by atoms with Gasteiger partial charge in [0.1, 0.15) is 5.76 Å². The lowest BCUT2D eigenvalue weighted by molar-refractivity contribution is -0.136. The molecule has 0 saturated heterocycles. The molecule has 1 aromatic heterocycles. The second-order valence-electron chi connectivity index (χ2n) is 2.10. The summed E-state index contributed by atoms with van der Waals surface area (Å²) in [5, 5.41) is 8.44. The summed E-state index contributed by atoms with van der Waals surface area (Å²) in [5.74, 6) is 0.223. The summed E-state index contributed by atoms with van der Waals surface area (Å²) < 4.78 is 4.97. The Hall–Kier alpha value is -0.900. The fourth-order valence-electron chi connectivity index (χ4n) is 0.826. The van der Waals surface area contributed by atoms with E-state index in [0.29, 0.717) is 17.1 Å². The Labute approximate surface area is 69.4 Å². The third-order valence-electron chi connectivity index (χ3n) is 1.32. The Morgan fingerprint density at radius 1 is 1.73 bits per heavy atom. The van der Waals surface area contributed by atoms with E-state index in [1.165, 1.54) is 6.26 Å². The van der Waals surface area contributed by atoms with Gasteiger partial charge in [0.25, 0.3) is 0 Å². The van der Waals surface area contributed by atoms with Gasteiger partial charge in [-0.25, -0.2) is 0 Å². The Morgan fingerprint density at radius 2 is 2.45 bits per heavy atom. The molecule has 60 valence electrons. The van der Waals surface area contributed by atoms with Crippen LogP contribution in [0.3, 0.4) is 0 Å². The van der Waals surface area contributed by atoms with Gasteiger partial charge in [-0.05, 0) is 6.07 Å². The first kappa shape index (κ1) is 8.20. The normalized spacial score (nSPS) is 9.91. The van der Waals surface area contributed by atoms with Crippen molar-refractivity contribution >= 4 is 18.6 Å². The van der Waals surface area contributed by atoms with Crippen molar-refractivity contribution in [2.24, 2.45) is 0 Å². The molecule has 0 fully saturated rings. The van der Waals surface area contributed by atoms with E-state index >= 15 is 0 Å². The van der Waals surface area contributed by atoms with Crippen molar-refractivity contribution in [2.75, 3.05) is 0 Å². The van der Waals surface area contributed by atoms with Crippen LogP contribution < -0.4 is 0 Å². The first-order chi connectivity index (χ1) is 5.24. The Kier molecular flexibility index (Phi) is 2.59. The Morgan fingerprint density at radius 3 is 3.00 bits per heavy atom. The van der Waals surface area contributed by atoms with E-state index < -0.39 is 5.97 Å². The Balaban J connectivity index is 2.76. The van der Waals surface area contributed by atoms with E-state index in [1.54, 1.807) is 6.07 Å². The van der Waals surface area contributed by atoms with Crippen LogP contribution in [0.1, 0.15) is 11.3 Å². The van der Waals surface area contributed by atoms with Crippen LogP contribution in [-0.2, 0) is 17.0 Å². The average molecular weight is 172 g/mol. The molecule has 0 aliphatic carbocycles. The quantitative estimate of drug-likeness (QED) is 0.676. The van der Waals surface area contributed by atoms with E-state index in [2.05, 4.69) is 12.6 Å². The fourth-order valence-corrected chi connectivity index (χ4v) is 1.10. The van der Waals surface area contributed by atoms with Crippen LogP contribution in [0.15, 0.2) is 16.7 Å². The molecule has 1 N–H and O–H groups in total. The molecular formula is C7H8O3S. The zero-order chi connectivity index (χ0) is 8.27. The van der Waals surface area contributed by atoms with E-state index in [4.69, 9.17) is 9.52 Å². The lowest BCUT2D eigenvalue weighted by Gasteiger charge is -1.93. The first-order valence-corrected chi connectivity index (χ1v) is 3.75. The molecule has 0 saturated carbocycles. The van der Waals surface area contributed by atoms with Crippen LogP contribution in [0.5, 0.6) is 0 Å². The topological polar surface area (TPSA) is 50.4 Å². The van der Waals surface area contributed by atoms with E-state index in [9.17, 15) is 4.79 Å². The van der Waals surface area contributed by atoms with Crippen molar-refractivity contribution in [2.45, 2.75) is 12.2 Å². The zero-order valence-corrected chi connectivity index (χ0v) is 6.67. The smallest absolute Gasteiger partial charge is 0.307 e. The lowest BCUT2D eigenvalue weighted by atomic mass is 10.2. The zero-order valence-electron chi connectivity index (χ0n) is 5.78. The van der Waals surface area contributed by atoms with Crippen molar-refractivity contribution in [3.8, 4) is 0 Å². The van der Waals surface area contributed by atoms with Gasteiger partial charge in [0.2, 0.25) is 0 Å². The predicted octanol–water partition coefficient (Wildman–Crippen LogP) is 1.34. The number of furan rings is 1. The summed E-state index contributed by atoms with van der Waals surface area (Å²) in [7, 11) is 0. The van der Waals surface area contributed by atoms with Gasteiger partial charge in [-0.3, -0.25) is 4.79 Å². The van der Waals surface area contributed by atoms with Crippen LogP contribution in [-0.4, -0.2) is 11.1 Å². The van der Waals surface area contributed by atoms with Crippen LogP contribution in [0.2, 0.25) is 0 Å². The number of hydrogen-bond donors (Lipinski definition) is 2. The number of carboxylic acids is 1. The van der Waals surface area contributed by atoms with Gasteiger partial charge >= 0.3 is 5.97 Å². The monoisotopic (exact) mass is 172 g/mol.